The summed E-state index contributed by atoms with van der Waals surface area (Å²) in [6.45, 7) is -17.1. The number of ether oxygens (including phenoxy) is 2. The molecule has 126 valence electrons. The van der Waals surface area contributed by atoms with Crippen LogP contribution < -0.4 is 9.47 Å². The van der Waals surface area contributed by atoms with Gasteiger partial charge in [0, 0.05) is 56.0 Å². The fourth-order valence-corrected chi connectivity index (χ4v) is 2.14. The Morgan fingerprint density at radius 3 is 3.09 bits per heavy atom. The molecular formula is C19H27NO3. The van der Waals surface area contributed by atoms with E-state index in [1.54, 1.807) is 0 Å². The standard InChI is InChI=1S/C19H27NO3/c1-12(2)7-14-11-20-6-5-13-8-18(22-3)19(23-4)9-15(13)16(20)10-17(14)21/h8-9,12,14,16H,5-7,10-11H2,1-4H3/i1D3,2D3,4D3,5D2,6D2,7D2,10D2,11D2,12D,14D,16D. The number of carbonyl (C=O) groups excluding carboxylic acids is 1. The Hall–Kier alpha value is -1.55. The highest BCUT2D eigenvalue weighted by Gasteiger charge is 2.38. The molecule has 3 rings (SSSR count). The molecule has 1 fully saturated rings. The zero-order valence-corrected chi connectivity index (χ0v) is 11.8. The van der Waals surface area contributed by atoms with E-state index in [0.29, 0.717) is 12.1 Å². The van der Waals surface area contributed by atoms with Crippen LogP contribution in [0.15, 0.2) is 12.1 Å². The molecule has 2 aliphatic heterocycles. The molecule has 2 aliphatic rings. The zero-order chi connectivity index (χ0) is 35.8. The molecule has 0 saturated carbocycles. The van der Waals surface area contributed by atoms with Gasteiger partial charge in [0.25, 0.3) is 0 Å². The average molecular weight is 340 g/mol. The third kappa shape index (κ3) is 3.09. The number of benzene rings is 1. The Morgan fingerprint density at radius 1 is 1.52 bits per heavy atom. The van der Waals surface area contributed by atoms with Crippen molar-refractivity contribution in [2.45, 2.75) is 38.8 Å². The van der Waals surface area contributed by atoms with Gasteiger partial charge >= 0.3 is 0 Å². The minimum atomic E-state index is -4.76. The van der Waals surface area contributed by atoms with Crippen molar-refractivity contribution in [3.8, 4) is 11.5 Å². The number of hydrogen-bond donors (Lipinski definition) is 0. The van der Waals surface area contributed by atoms with E-state index in [1.807, 2.05) is 0 Å². The van der Waals surface area contributed by atoms with Crippen molar-refractivity contribution in [2.24, 2.45) is 11.8 Å². The molecule has 0 aliphatic carbocycles. The summed E-state index contributed by atoms with van der Waals surface area (Å²) < 4.78 is 191. The lowest BCUT2D eigenvalue weighted by atomic mass is 9.80. The van der Waals surface area contributed by atoms with Gasteiger partial charge in [0.15, 0.2) is 11.5 Å². The number of aryl methyl sites for hydroxylation is 1. The first kappa shape index (κ1) is 4.34. The van der Waals surface area contributed by atoms with Crippen molar-refractivity contribution < 1.29 is 44.4 Å². The summed E-state index contributed by atoms with van der Waals surface area (Å²) in [5.74, 6) is -13.3. The summed E-state index contributed by atoms with van der Waals surface area (Å²) in [6.07, 6.45) is -12.6. The summed E-state index contributed by atoms with van der Waals surface area (Å²) in [5.41, 5.74) is -2.10. The minimum absolute atomic E-state index is 0.472. The van der Waals surface area contributed by atoms with E-state index in [1.165, 1.54) is 0 Å². The number of ketones is 1. The first-order valence-electron chi connectivity index (χ1n) is 17.3. The van der Waals surface area contributed by atoms with Gasteiger partial charge in [0.05, 0.1) is 19.6 Å². The SMILES string of the molecule is [2H]C([2H])([2H])Oc1cc2c(cc1OC)C([2H])([2H])C([2H])([2H])N1C([2H])([2H])C([2H])(C([2H])([2H])C([2H])(C([2H])([2H])[2H])C([2H])([2H])[2H])C(=O)C([2H])([2H])C21[2H]. The van der Waals surface area contributed by atoms with Crippen molar-refractivity contribution in [2.75, 3.05) is 27.1 Å². The molecule has 0 bridgehead atoms. The van der Waals surface area contributed by atoms with E-state index in [-0.39, 0.29) is 0 Å². The molecule has 1 saturated heterocycles. The van der Waals surface area contributed by atoms with Gasteiger partial charge in [-0.25, -0.2) is 0 Å². The van der Waals surface area contributed by atoms with Crippen molar-refractivity contribution in [3.05, 3.63) is 23.3 Å². The maximum Gasteiger partial charge on any atom is 0.161 e. The quantitative estimate of drug-likeness (QED) is 0.844. The van der Waals surface area contributed by atoms with Gasteiger partial charge in [-0.1, -0.05) is 13.7 Å². The predicted molar refractivity (Wildman–Crippen MR) is 90.1 cm³/mol. The Balaban J connectivity index is 2.60. The maximum atomic E-state index is 14.0. The summed E-state index contributed by atoms with van der Waals surface area (Å²) >= 11 is 0. The second-order valence-corrected chi connectivity index (χ2v) is 4.51. The summed E-state index contributed by atoms with van der Waals surface area (Å²) in [6, 6.07) is -2.76. The molecule has 0 radical (unpaired) electrons. The second-order valence-electron chi connectivity index (χ2n) is 4.51. The number of rotatable bonds is 4. The molecule has 4 nitrogen and oxygen atoms in total. The van der Waals surface area contributed by atoms with Crippen LogP contribution in [-0.2, 0) is 11.2 Å². The monoisotopic (exact) mass is 339 g/mol. The number of hydrogen-bond acceptors (Lipinski definition) is 4. The van der Waals surface area contributed by atoms with E-state index in [2.05, 4.69) is 0 Å². The highest BCUT2D eigenvalue weighted by Crippen LogP contribution is 2.42. The molecule has 4 heteroatoms. The molecular weight excluding hydrogens is 290 g/mol. The van der Waals surface area contributed by atoms with Crippen molar-refractivity contribution in [1.82, 2.24) is 4.90 Å². The summed E-state index contributed by atoms with van der Waals surface area (Å²) in [7, 11) is -2.30. The molecule has 2 unspecified atom stereocenters. The Labute approximate surface area is 169 Å². The fourth-order valence-electron chi connectivity index (χ4n) is 2.14. The van der Waals surface area contributed by atoms with Crippen molar-refractivity contribution >= 4 is 5.78 Å². The number of carbonyl (C=O) groups is 1. The van der Waals surface area contributed by atoms with Crippen molar-refractivity contribution in [3.63, 3.8) is 0 Å². The van der Waals surface area contributed by atoms with Crippen LogP contribution in [0.5, 0.6) is 11.5 Å². The van der Waals surface area contributed by atoms with E-state index < -0.39 is 104 Å². The summed E-state index contributed by atoms with van der Waals surface area (Å²) in [5, 5.41) is 0. The Morgan fingerprint density at radius 2 is 2.35 bits per heavy atom. The van der Waals surface area contributed by atoms with Crippen LogP contribution >= 0.6 is 0 Å². The lowest BCUT2D eigenvalue weighted by molar-refractivity contribution is -0.129. The van der Waals surface area contributed by atoms with Gasteiger partial charge in [-0.3, -0.25) is 9.69 Å². The largest absolute Gasteiger partial charge is 0.493 e. The van der Waals surface area contributed by atoms with E-state index in [0.717, 1.165) is 7.11 Å². The van der Waals surface area contributed by atoms with Crippen molar-refractivity contribution in [1.29, 1.82) is 0 Å². The number of piperidine rings is 1. The van der Waals surface area contributed by atoms with Crippen LogP contribution in [0.2, 0.25) is 0 Å². The first-order valence-corrected chi connectivity index (χ1v) is 6.30. The van der Waals surface area contributed by atoms with Crippen LogP contribution in [0, 0.1) is 11.8 Å². The van der Waals surface area contributed by atoms with Crippen LogP contribution in [0.1, 0.15) is 73.8 Å². The summed E-state index contributed by atoms with van der Waals surface area (Å²) in [4.78, 5) is 13.3. The molecule has 2 heterocycles. The number of Topliss-reactive ketones (excluding diaryl/α,β-unsaturated/α-hetero) is 1. The molecule has 2 atom stereocenters. The van der Waals surface area contributed by atoms with Crippen LogP contribution in [-0.4, -0.2) is 37.8 Å². The van der Waals surface area contributed by atoms with Gasteiger partial charge in [0.2, 0.25) is 0 Å². The lowest BCUT2D eigenvalue weighted by Gasteiger charge is -2.43. The number of nitrogens with zero attached hydrogens (tertiary/aromatic N) is 1. The van der Waals surface area contributed by atoms with E-state index in [4.69, 9.17) is 38.3 Å². The molecule has 0 N–H and O–H groups in total. The molecule has 1 aromatic carbocycles. The van der Waals surface area contributed by atoms with Gasteiger partial charge in [-0.15, -0.1) is 0 Å². The van der Waals surface area contributed by atoms with Gasteiger partial charge < -0.3 is 9.47 Å². The zero-order valence-electron chi connectivity index (χ0n) is 33.8. The van der Waals surface area contributed by atoms with Gasteiger partial charge in [-0.2, -0.15) is 0 Å². The molecule has 1 aromatic rings. The third-order valence-corrected chi connectivity index (χ3v) is 3.13. The van der Waals surface area contributed by atoms with E-state index in [9.17, 15) is 6.17 Å². The van der Waals surface area contributed by atoms with Crippen LogP contribution in [0.3, 0.4) is 0 Å². The fraction of sp³-hybridized carbons (Fsp3) is 0.632. The normalized spacial score (nSPS) is 56.3. The maximum absolute atomic E-state index is 14.0. The third-order valence-electron chi connectivity index (χ3n) is 3.13. The second kappa shape index (κ2) is 6.52. The molecule has 0 spiro atoms. The van der Waals surface area contributed by atoms with E-state index >= 15 is 0 Å². The van der Waals surface area contributed by atoms with Gasteiger partial charge in [0.1, 0.15) is 5.78 Å². The van der Waals surface area contributed by atoms with Gasteiger partial charge in [-0.05, 0) is 41.9 Å². The Bertz CT molecular complexity index is 1380. The Kier molecular flexibility index (Phi) is 1.23. The van der Waals surface area contributed by atoms with Crippen LogP contribution in [0.25, 0.3) is 0 Å². The van der Waals surface area contributed by atoms with Crippen LogP contribution in [0.4, 0.5) is 0 Å². The first-order chi connectivity index (χ1) is 19.5. The topological polar surface area (TPSA) is 38.8 Å². The predicted octanol–water partition coefficient (Wildman–Crippen LogP) is 3.24. The smallest absolute Gasteiger partial charge is 0.161 e. The minimum Gasteiger partial charge on any atom is -0.493 e. The molecule has 0 amide bonds. The highest BCUT2D eigenvalue weighted by atomic mass is 16.5. The number of methoxy groups -OCH3 is 2. The molecule has 0 aromatic heterocycles. The highest BCUT2D eigenvalue weighted by molar-refractivity contribution is 5.83. The number of fused-ring (bicyclic) bond motifs is 3. The lowest BCUT2D eigenvalue weighted by Crippen LogP contribution is -2.46. The average Bonchev–Trinajstić information content (AvgIpc) is 2.82. The molecule has 23 heavy (non-hydrogen) atoms.